The van der Waals surface area contributed by atoms with Crippen LogP contribution in [0.5, 0.6) is 0 Å². The van der Waals surface area contributed by atoms with Crippen LogP contribution in [0.25, 0.3) is 154 Å². The SMILES string of the molecule is c1ccc(-c2cc(-c3ccccc3)cc(-c3c4cc(-c5ccccc5)ccc4c(-c4cc(-c5ccccc5)cc(-c5ccccc5)c4)c4cc5c(cc34)c(-c3ccccc3)c(-c3ccc4ccccc4c3)c3ccccc35)c2)cc1. The largest absolute Gasteiger partial charge is 0.0622 e. The van der Waals surface area contributed by atoms with E-state index in [2.05, 4.69) is 315 Å². The monoisotopic (exact) mass is 1010 g/mol. The molecule has 372 valence electrons. The quantitative estimate of drug-likeness (QED) is 0.0998. The van der Waals surface area contributed by atoms with Gasteiger partial charge in [-0.25, -0.2) is 0 Å². The molecule has 0 aromatic heterocycles. The van der Waals surface area contributed by atoms with Crippen molar-refractivity contribution in [2.45, 2.75) is 0 Å². The number of benzene rings is 15. The summed E-state index contributed by atoms with van der Waals surface area (Å²) in [5.74, 6) is 0. The summed E-state index contributed by atoms with van der Waals surface area (Å²) in [5.41, 5.74) is 21.3. The van der Waals surface area contributed by atoms with E-state index in [4.69, 9.17) is 0 Å². The molecule has 0 nitrogen and oxygen atoms in total. The molecule has 0 heteroatoms. The Morgan fingerprint density at radius 3 is 0.938 bits per heavy atom. The van der Waals surface area contributed by atoms with E-state index in [1.54, 1.807) is 0 Å². The number of fused-ring (bicyclic) bond motifs is 6. The molecule has 15 aromatic carbocycles. The highest BCUT2D eigenvalue weighted by atomic mass is 14.3. The van der Waals surface area contributed by atoms with Crippen molar-refractivity contribution in [3.63, 3.8) is 0 Å². The standard InChI is InChI=1S/C80H52/c1-7-23-53(24-8-1)61-41-42-71-73(50-61)78(68-48-65(56-29-13-4-14-30-56)45-66(49-68)57-31-15-5-16-32-57)76-52-74-72(51-75(76)77(71)67-46-63(54-25-9-2-10-26-54)44-64(47-67)55-27-11-3-12-28-55)69-37-21-22-38-70(69)80(79(74)59-34-17-6-18-35-59)62-40-39-58-33-19-20-36-60(58)43-62/h1-52H. The zero-order valence-electron chi connectivity index (χ0n) is 44.0. The minimum Gasteiger partial charge on any atom is -0.0622 e. The molecule has 0 atom stereocenters. The molecule has 0 amide bonds. The van der Waals surface area contributed by atoms with Gasteiger partial charge >= 0.3 is 0 Å². The lowest BCUT2D eigenvalue weighted by Gasteiger charge is -2.24. The van der Waals surface area contributed by atoms with Crippen LogP contribution in [-0.4, -0.2) is 0 Å². The van der Waals surface area contributed by atoms with Crippen LogP contribution in [0.3, 0.4) is 0 Å². The van der Waals surface area contributed by atoms with Gasteiger partial charge < -0.3 is 0 Å². The zero-order chi connectivity index (χ0) is 52.9. The molecule has 0 saturated carbocycles. The molecular weight excluding hydrogens is 961 g/mol. The summed E-state index contributed by atoms with van der Waals surface area (Å²) in [6, 6.07) is 117. The van der Waals surface area contributed by atoms with Gasteiger partial charge in [-0.05, 0) is 215 Å². The smallest absolute Gasteiger partial charge is 0.00201 e. The van der Waals surface area contributed by atoms with Crippen LogP contribution in [0.4, 0.5) is 0 Å². The van der Waals surface area contributed by atoms with Crippen LogP contribution < -0.4 is 0 Å². The minimum atomic E-state index is 1.16. The van der Waals surface area contributed by atoms with E-state index in [1.165, 1.54) is 148 Å². The lowest BCUT2D eigenvalue weighted by atomic mass is 9.79. The second-order valence-electron chi connectivity index (χ2n) is 21.1. The van der Waals surface area contributed by atoms with Gasteiger partial charge in [-0.15, -0.1) is 0 Å². The average molecular weight is 1010 g/mol. The van der Waals surface area contributed by atoms with Crippen molar-refractivity contribution in [3.8, 4) is 100 Å². The van der Waals surface area contributed by atoms with E-state index in [0.717, 1.165) is 5.56 Å². The van der Waals surface area contributed by atoms with Crippen LogP contribution in [0.15, 0.2) is 315 Å². The van der Waals surface area contributed by atoms with Crippen molar-refractivity contribution < 1.29 is 0 Å². The van der Waals surface area contributed by atoms with Crippen LogP contribution in [0, 0.1) is 0 Å². The fourth-order valence-corrected chi connectivity index (χ4v) is 12.6. The fraction of sp³-hybridized carbons (Fsp3) is 0. The molecule has 0 aliphatic rings. The van der Waals surface area contributed by atoms with Crippen LogP contribution in [0.1, 0.15) is 0 Å². The first kappa shape index (κ1) is 46.9. The van der Waals surface area contributed by atoms with E-state index in [-0.39, 0.29) is 0 Å². The van der Waals surface area contributed by atoms with Gasteiger partial charge in [0.15, 0.2) is 0 Å². The average Bonchev–Trinajstić information content (AvgIpc) is 3.72. The Balaban J connectivity index is 1.17. The number of hydrogen-bond donors (Lipinski definition) is 0. The van der Waals surface area contributed by atoms with Crippen LogP contribution in [0.2, 0.25) is 0 Å². The van der Waals surface area contributed by atoms with Gasteiger partial charge in [0.05, 0.1) is 0 Å². The summed E-state index contributed by atoms with van der Waals surface area (Å²) in [7, 11) is 0. The highest BCUT2D eigenvalue weighted by Gasteiger charge is 2.25. The third kappa shape index (κ3) is 8.34. The van der Waals surface area contributed by atoms with Gasteiger partial charge in [-0.2, -0.15) is 0 Å². The molecule has 0 unspecified atom stereocenters. The Kier molecular flexibility index (Phi) is 11.6. The first-order chi connectivity index (χ1) is 39.7. The summed E-state index contributed by atoms with van der Waals surface area (Å²) < 4.78 is 0. The lowest BCUT2D eigenvalue weighted by molar-refractivity contribution is 1.57. The molecule has 15 rings (SSSR count). The Morgan fingerprint density at radius 1 is 0.113 bits per heavy atom. The summed E-state index contributed by atoms with van der Waals surface area (Å²) in [4.78, 5) is 0. The van der Waals surface area contributed by atoms with Gasteiger partial charge in [-0.1, -0.05) is 255 Å². The third-order valence-corrected chi connectivity index (χ3v) is 16.3. The van der Waals surface area contributed by atoms with Gasteiger partial charge in [0.2, 0.25) is 0 Å². The number of rotatable bonds is 9. The van der Waals surface area contributed by atoms with E-state index in [1.807, 2.05) is 0 Å². The third-order valence-electron chi connectivity index (χ3n) is 16.3. The molecular formula is C80H52. The Hall–Kier alpha value is -10.4. The maximum absolute atomic E-state index is 2.58. The molecule has 0 fully saturated rings. The van der Waals surface area contributed by atoms with Gasteiger partial charge in [0, 0.05) is 0 Å². The predicted molar refractivity (Wildman–Crippen MR) is 343 cm³/mol. The summed E-state index contributed by atoms with van der Waals surface area (Å²) in [5, 5.41) is 12.1. The van der Waals surface area contributed by atoms with Gasteiger partial charge in [0.25, 0.3) is 0 Å². The molecule has 0 bridgehead atoms. The molecule has 15 aromatic rings. The second-order valence-corrected chi connectivity index (χ2v) is 21.1. The zero-order valence-corrected chi connectivity index (χ0v) is 44.0. The normalized spacial score (nSPS) is 11.5. The molecule has 80 heavy (non-hydrogen) atoms. The predicted octanol–water partition coefficient (Wildman–Crippen LogP) is 22.5. The van der Waals surface area contributed by atoms with E-state index in [9.17, 15) is 0 Å². The van der Waals surface area contributed by atoms with Crippen molar-refractivity contribution in [1.82, 2.24) is 0 Å². The topological polar surface area (TPSA) is 0 Å². The molecule has 0 saturated heterocycles. The van der Waals surface area contributed by atoms with Crippen molar-refractivity contribution in [3.05, 3.63) is 315 Å². The molecule has 0 spiro atoms. The van der Waals surface area contributed by atoms with Crippen molar-refractivity contribution in [1.29, 1.82) is 0 Å². The maximum atomic E-state index is 2.58. The Bertz CT molecular complexity index is 4700. The Labute approximate surface area is 466 Å². The van der Waals surface area contributed by atoms with Gasteiger partial charge in [0.1, 0.15) is 0 Å². The van der Waals surface area contributed by atoms with E-state index >= 15 is 0 Å². The fourth-order valence-electron chi connectivity index (χ4n) is 12.6. The molecule has 0 aliphatic carbocycles. The first-order valence-electron chi connectivity index (χ1n) is 27.7. The minimum absolute atomic E-state index is 1.16. The molecule has 0 radical (unpaired) electrons. The second kappa shape index (κ2) is 19.9. The summed E-state index contributed by atoms with van der Waals surface area (Å²) >= 11 is 0. The van der Waals surface area contributed by atoms with Crippen molar-refractivity contribution in [2.24, 2.45) is 0 Å². The Morgan fingerprint density at radius 2 is 0.438 bits per heavy atom. The first-order valence-corrected chi connectivity index (χ1v) is 27.7. The molecule has 0 aliphatic heterocycles. The van der Waals surface area contributed by atoms with E-state index in [0.29, 0.717) is 0 Å². The number of hydrogen-bond acceptors (Lipinski definition) is 0. The molecule has 0 heterocycles. The van der Waals surface area contributed by atoms with Gasteiger partial charge in [-0.3, -0.25) is 0 Å². The highest BCUT2D eigenvalue weighted by molar-refractivity contribution is 6.30. The molecule has 0 N–H and O–H groups in total. The van der Waals surface area contributed by atoms with Crippen LogP contribution >= 0.6 is 0 Å². The van der Waals surface area contributed by atoms with Crippen LogP contribution in [-0.2, 0) is 0 Å². The summed E-state index contributed by atoms with van der Waals surface area (Å²) in [6.07, 6.45) is 0. The van der Waals surface area contributed by atoms with E-state index < -0.39 is 0 Å². The summed E-state index contributed by atoms with van der Waals surface area (Å²) in [6.45, 7) is 0. The highest BCUT2D eigenvalue weighted by Crippen LogP contribution is 2.52. The van der Waals surface area contributed by atoms with Crippen molar-refractivity contribution >= 4 is 53.9 Å². The maximum Gasteiger partial charge on any atom is -0.00201 e. The van der Waals surface area contributed by atoms with Crippen molar-refractivity contribution in [2.75, 3.05) is 0 Å². The lowest BCUT2D eigenvalue weighted by Crippen LogP contribution is -1.96.